The average Bonchev–Trinajstić information content (AvgIpc) is 3.60. The summed E-state index contributed by atoms with van der Waals surface area (Å²) in [4.78, 5) is 5.45. The Morgan fingerprint density at radius 1 is 0.591 bits per heavy atom. The van der Waals surface area contributed by atoms with Crippen LogP contribution in [0.5, 0.6) is 0 Å². The Labute approximate surface area is 398 Å². The van der Waals surface area contributed by atoms with Crippen LogP contribution in [0.25, 0.3) is 11.0 Å². The van der Waals surface area contributed by atoms with Crippen molar-refractivity contribution in [3.8, 4) is 0 Å². The van der Waals surface area contributed by atoms with E-state index in [0.717, 1.165) is 11.2 Å². The van der Waals surface area contributed by atoms with E-state index in [-0.39, 0.29) is 56.6 Å². The topological polar surface area (TPSA) is 19.6 Å². The quantitative estimate of drug-likeness (QED) is 0.162. The number of rotatable bonds is 2. The molecule has 2 atom stereocenters. The summed E-state index contributed by atoms with van der Waals surface area (Å²) in [5.41, 5.74) is 23.5. The first-order valence-corrected chi connectivity index (χ1v) is 25.7. The van der Waals surface area contributed by atoms with Gasteiger partial charge in [0.05, 0.1) is 17.4 Å². The van der Waals surface area contributed by atoms with Crippen LogP contribution in [0.2, 0.25) is 0 Å². The fourth-order valence-electron chi connectivity index (χ4n) is 13.7. The minimum Gasteiger partial charge on any atom is -0.468 e. The van der Waals surface area contributed by atoms with Gasteiger partial charge >= 0.3 is 0 Å². The lowest BCUT2D eigenvalue weighted by Gasteiger charge is -2.48. The van der Waals surface area contributed by atoms with Gasteiger partial charge < -0.3 is 14.2 Å². The highest BCUT2D eigenvalue weighted by Gasteiger charge is 2.51. The number of nitrogens with zero attached hydrogens (tertiary/aromatic N) is 2. The number of furan rings is 1. The van der Waals surface area contributed by atoms with Crippen molar-refractivity contribution >= 4 is 62.7 Å². The van der Waals surface area contributed by atoms with Crippen molar-refractivity contribution < 1.29 is 4.42 Å². The number of aryl methyl sites for hydroxylation is 1. The van der Waals surface area contributed by atoms with Crippen LogP contribution in [0.15, 0.2) is 82.8 Å². The largest absolute Gasteiger partial charge is 0.468 e. The van der Waals surface area contributed by atoms with Gasteiger partial charge in [0.25, 0.3) is 6.71 Å². The van der Waals surface area contributed by atoms with Gasteiger partial charge in [-0.05, 0) is 187 Å². The molecule has 0 spiro atoms. The second-order valence-electron chi connectivity index (χ2n) is 27.1. The van der Waals surface area contributed by atoms with Crippen molar-refractivity contribution in [1.29, 1.82) is 0 Å². The van der Waals surface area contributed by atoms with Crippen LogP contribution in [0.1, 0.15) is 188 Å². The van der Waals surface area contributed by atoms with Crippen molar-refractivity contribution in [2.24, 2.45) is 11.3 Å². The first-order valence-electron chi connectivity index (χ1n) is 25.7. The smallest absolute Gasteiger partial charge is 0.297 e. The Morgan fingerprint density at radius 3 is 1.68 bits per heavy atom. The molecule has 0 saturated carbocycles. The van der Waals surface area contributed by atoms with Crippen molar-refractivity contribution in [3.63, 3.8) is 0 Å². The van der Waals surface area contributed by atoms with Gasteiger partial charge in [0.1, 0.15) is 5.58 Å². The molecule has 4 aliphatic carbocycles. The predicted molar refractivity (Wildman–Crippen MR) is 284 cm³/mol. The Hall–Kier alpha value is -4.44. The lowest BCUT2D eigenvalue weighted by atomic mass is 9.35. The second kappa shape index (κ2) is 13.6. The van der Waals surface area contributed by atoms with Crippen LogP contribution in [0.3, 0.4) is 0 Å². The average molecular weight is 877 g/mol. The Balaban J connectivity index is 1.26. The first-order chi connectivity index (χ1) is 30.6. The number of anilines is 5. The molecule has 0 N–H and O–H groups in total. The molecule has 344 valence electrons. The minimum atomic E-state index is -0.0683. The van der Waals surface area contributed by atoms with Gasteiger partial charge in [0.2, 0.25) is 0 Å². The molecule has 4 heteroatoms. The van der Waals surface area contributed by atoms with Gasteiger partial charge in [-0.2, -0.15) is 0 Å². The summed E-state index contributed by atoms with van der Waals surface area (Å²) in [6.07, 6.45) is 14.6. The third-order valence-electron chi connectivity index (χ3n) is 18.5. The molecule has 0 fully saturated rings. The molecule has 3 heterocycles. The van der Waals surface area contributed by atoms with E-state index < -0.39 is 0 Å². The summed E-state index contributed by atoms with van der Waals surface area (Å²) in [5, 5.41) is 1.26. The van der Waals surface area contributed by atoms with Gasteiger partial charge in [-0.25, -0.2) is 0 Å². The molecule has 2 aliphatic heterocycles. The molecule has 3 nitrogen and oxygen atoms in total. The van der Waals surface area contributed by atoms with Crippen molar-refractivity contribution in [3.05, 3.63) is 117 Å². The Morgan fingerprint density at radius 2 is 1.11 bits per heavy atom. The zero-order valence-electron chi connectivity index (χ0n) is 43.7. The number of allylic oxidation sites excluding steroid dienone is 2. The summed E-state index contributed by atoms with van der Waals surface area (Å²) in [6.45, 7) is 41.4. The van der Waals surface area contributed by atoms with Crippen LogP contribution >= 0.6 is 0 Å². The number of hydrogen-bond donors (Lipinski definition) is 0. The molecule has 0 saturated heterocycles. The van der Waals surface area contributed by atoms with E-state index in [1.807, 2.05) is 0 Å². The minimum absolute atomic E-state index is 0.0512. The van der Waals surface area contributed by atoms with E-state index in [4.69, 9.17) is 4.42 Å². The molecule has 66 heavy (non-hydrogen) atoms. The molecular formula is C62H77BN2O. The van der Waals surface area contributed by atoms with Gasteiger partial charge in [0.15, 0.2) is 0 Å². The first kappa shape index (κ1) is 44.1. The normalized spacial score (nSPS) is 24.4. The highest BCUT2D eigenvalue weighted by molar-refractivity contribution is 6.99. The maximum Gasteiger partial charge on any atom is 0.297 e. The summed E-state index contributed by atoms with van der Waals surface area (Å²) >= 11 is 0. The molecule has 11 rings (SSSR count). The molecule has 6 aliphatic rings. The van der Waals surface area contributed by atoms with Crippen molar-refractivity contribution in [2.75, 3.05) is 9.80 Å². The summed E-state index contributed by atoms with van der Waals surface area (Å²) in [6, 6.07) is 23.1. The van der Waals surface area contributed by atoms with E-state index in [1.165, 1.54) is 128 Å². The number of hydrogen-bond acceptors (Lipinski definition) is 3. The van der Waals surface area contributed by atoms with Crippen LogP contribution in [-0.4, -0.2) is 12.8 Å². The zero-order chi connectivity index (χ0) is 47.2. The second-order valence-corrected chi connectivity index (χ2v) is 27.1. The molecular weight excluding hydrogens is 800 g/mol. The molecule has 5 aromatic rings. The SMILES string of the molecule is Cc1cc2c3c(c1)N(C1C=CC(C(C)(C)C)=CC1C)c1c(oc4cc5c(cc14)C(C)(C)CCC5(C)C)B3c1cc3c(cc1N2c1ccc2c(c1)C(C)(C)CCC2(C)C)C(C)(C)CCC3(C)C. The van der Waals surface area contributed by atoms with Gasteiger partial charge in [-0.3, -0.25) is 0 Å². The fourth-order valence-corrected chi connectivity index (χ4v) is 13.7. The van der Waals surface area contributed by atoms with Gasteiger partial charge in [0, 0.05) is 28.1 Å². The third kappa shape index (κ3) is 6.27. The monoisotopic (exact) mass is 877 g/mol. The fraction of sp³-hybridized carbons (Fsp3) is 0.516. The van der Waals surface area contributed by atoms with E-state index in [1.54, 1.807) is 0 Å². The van der Waals surface area contributed by atoms with Crippen LogP contribution < -0.4 is 26.4 Å². The van der Waals surface area contributed by atoms with Crippen LogP contribution in [0, 0.1) is 18.3 Å². The van der Waals surface area contributed by atoms with Crippen LogP contribution in [-0.2, 0) is 32.5 Å². The summed E-state index contributed by atoms with van der Waals surface area (Å²) < 4.78 is 7.69. The van der Waals surface area contributed by atoms with Crippen molar-refractivity contribution in [2.45, 2.75) is 195 Å². The zero-order valence-corrected chi connectivity index (χ0v) is 43.7. The van der Waals surface area contributed by atoms with Gasteiger partial charge in [-0.15, -0.1) is 0 Å². The van der Waals surface area contributed by atoms with E-state index in [9.17, 15) is 0 Å². The van der Waals surface area contributed by atoms with Crippen molar-refractivity contribution in [1.82, 2.24) is 0 Å². The molecule has 0 amide bonds. The van der Waals surface area contributed by atoms with E-state index >= 15 is 0 Å². The lowest BCUT2D eigenvalue weighted by Crippen LogP contribution is -2.63. The van der Waals surface area contributed by atoms with Gasteiger partial charge in [-0.1, -0.05) is 141 Å². The predicted octanol–water partition coefficient (Wildman–Crippen LogP) is 15.1. The maximum atomic E-state index is 7.69. The molecule has 0 radical (unpaired) electrons. The Bertz CT molecular complexity index is 2970. The highest BCUT2D eigenvalue weighted by Crippen LogP contribution is 2.55. The molecule has 1 aromatic heterocycles. The van der Waals surface area contributed by atoms with E-state index in [2.05, 4.69) is 200 Å². The van der Waals surface area contributed by atoms with E-state index in [0.29, 0.717) is 0 Å². The maximum absolute atomic E-state index is 7.69. The Kier molecular flexibility index (Phi) is 9.11. The summed E-state index contributed by atoms with van der Waals surface area (Å²) in [7, 11) is 0. The third-order valence-corrected chi connectivity index (χ3v) is 18.5. The lowest BCUT2D eigenvalue weighted by molar-refractivity contribution is 0.332. The standard InChI is InChI=1S/C62H77BN2O/c1-36-28-50-53-51(29-36)65(48-21-18-38(30-37(48)2)56(3,4)5)54-40-32-43-46(62(16,17)27-24-59(43,10)11)35-52(40)66-55(54)63(53)47-33-44-45(61(14,15)26-25-60(44,12)13)34-49(47)64(50)39-19-20-41-42(31-39)58(8,9)23-22-57(41,6)7/h18-21,28-35,37,48H,22-27H2,1-17H3. The van der Waals surface area contributed by atoms with Crippen LogP contribution in [0.4, 0.5) is 28.4 Å². The molecule has 0 bridgehead atoms. The number of benzene rings is 4. The summed E-state index contributed by atoms with van der Waals surface area (Å²) in [5.74, 6) is 0.274. The number of fused-ring (bicyclic) bond motifs is 9. The molecule has 2 unspecified atom stereocenters. The molecule has 4 aromatic carbocycles. The highest BCUT2D eigenvalue weighted by atomic mass is 16.3.